The average Bonchev–Trinajstić information content (AvgIpc) is 2.02. The fourth-order valence-corrected chi connectivity index (χ4v) is 1.32. The van der Waals surface area contributed by atoms with Crippen LogP contribution in [-0.4, -0.2) is 57.8 Å². The first-order valence-electron chi connectivity index (χ1n) is 3.71. The molecule has 80 valence electrons. The lowest BCUT2D eigenvalue weighted by molar-refractivity contribution is 0.145. The van der Waals surface area contributed by atoms with Gasteiger partial charge in [0.2, 0.25) is 0 Å². The molecule has 0 fully saturated rings. The summed E-state index contributed by atoms with van der Waals surface area (Å²) in [5.41, 5.74) is 0. The van der Waals surface area contributed by atoms with Crippen LogP contribution in [-0.2, 0) is 19.8 Å². The number of nitrogens with zero attached hydrogens (tertiary/aromatic N) is 1. The largest absolute Gasteiger partial charge is 0.735 e. The van der Waals surface area contributed by atoms with E-state index < -0.39 is 10.3 Å². The first kappa shape index (κ1) is 12.8. The quantitative estimate of drug-likeness (QED) is 0.508. The smallest absolute Gasteiger partial charge is 0.162 e. The maximum Gasteiger partial charge on any atom is 0.162 e. The van der Waals surface area contributed by atoms with E-state index in [1.54, 1.807) is 0 Å². The lowest BCUT2D eigenvalue weighted by Gasteiger charge is -2.23. The van der Waals surface area contributed by atoms with Crippen molar-refractivity contribution in [3.8, 4) is 0 Å². The molecule has 0 saturated heterocycles. The Labute approximate surface area is 78.3 Å². The van der Waals surface area contributed by atoms with Gasteiger partial charge in [0.05, 0.1) is 13.2 Å². The maximum absolute atomic E-state index is 10.6. The zero-order chi connectivity index (χ0) is 10.3. The summed E-state index contributed by atoms with van der Waals surface area (Å²) in [6.07, 6.45) is 0. The van der Waals surface area contributed by atoms with Gasteiger partial charge in [-0.3, -0.25) is 0 Å². The van der Waals surface area contributed by atoms with Crippen LogP contribution in [0.1, 0.15) is 0 Å². The molecule has 0 unspecified atom stereocenters. The van der Waals surface area contributed by atoms with E-state index in [9.17, 15) is 13.0 Å². The minimum Gasteiger partial charge on any atom is -0.735 e. The minimum atomic E-state index is -4.39. The number of rotatable bonds is 7. The topological polar surface area (TPSA) is 78.9 Å². The summed E-state index contributed by atoms with van der Waals surface area (Å²) < 4.78 is 41.9. The van der Waals surface area contributed by atoms with Gasteiger partial charge in [0.15, 0.2) is 10.3 Å². The van der Waals surface area contributed by atoms with Crippen LogP contribution in [0.2, 0.25) is 0 Å². The highest BCUT2D eigenvalue weighted by Gasteiger charge is 2.10. The summed E-state index contributed by atoms with van der Waals surface area (Å²) in [7, 11) is -1.51. The van der Waals surface area contributed by atoms with Gasteiger partial charge >= 0.3 is 0 Å². The highest BCUT2D eigenvalue weighted by atomic mass is 32.2. The van der Waals surface area contributed by atoms with Crippen molar-refractivity contribution in [2.75, 3.05) is 40.5 Å². The Bertz CT molecular complexity index is 207. The van der Waals surface area contributed by atoms with Crippen molar-refractivity contribution in [2.45, 2.75) is 0 Å². The van der Waals surface area contributed by atoms with Crippen molar-refractivity contribution < 1.29 is 22.4 Å². The molecule has 0 spiro atoms. The molecule has 0 radical (unpaired) electrons. The highest BCUT2D eigenvalue weighted by Crippen LogP contribution is 1.96. The van der Waals surface area contributed by atoms with Crippen LogP contribution in [0.4, 0.5) is 0 Å². The number of methoxy groups -OCH3 is 2. The highest BCUT2D eigenvalue weighted by molar-refractivity contribution is 7.83. The summed E-state index contributed by atoms with van der Waals surface area (Å²) in [6, 6.07) is 0. The zero-order valence-electron chi connectivity index (χ0n) is 7.73. The van der Waals surface area contributed by atoms with Gasteiger partial charge in [-0.25, -0.2) is 12.7 Å². The normalized spacial score (nSPS) is 12.3. The molecule has 0 atom stereocenters. The van der Waals surface area contributed by atoms with Crippen LogP contribution in [0, 0.1) is 0 Å². The third-order valence-electron chi connectivity index (χ3n) is 1.41. The molecule has 0 heterocycles. The molecular weight excluding hydrogens is 198 g/mol. The monoisotopic (exact) mass is 212 g/mol. The summed E-state index contributed by atoms with van der Waals surface area (Å²) in [6.45, 7) is 0.522. The van der Waals surface area contributed by atoms with Gasteiger partial charge < -0.3 is 14.0 Å². The van der Waals surface area contributed by atoms with E-state index in [0.717, 1.165) is 4.31 Å². The van der Waals surface area contributed by atoms with Crippen molar-refractivity contribution >= 4 is 10.3 Å². The van der Waals surface area contributed by atoms with Crippen molar-refractivity contribution in [1.82, 2.24) is 4.31 Å². The van der Waals surface area contributed by atoms with E-state index in [1.807, 2.05) is 0 Å². The summed E-state index contributed by atoms with van der Waals surface area (Å²) in [5.74, 6) is 0. The predicted octanol–water partition coefficient (Wildman–Crippen LogP) is -0.959. The molecule has 0 aliphatic rings. The van der Waals surface area contributed by atoms with E-state index in [0.29, 0.717) is 0 Å². The Morgan fingerprint density at radius 1 is 1.15 bits per heavy atom. The van der Waals surface area contributed by atoms with Gasteiger partial charge in [0.25, 0.3) is 0 Å². The van der Waals surface area contributed by atoms with Crippen molar-refractivity contribution in [3.63, 3.8) is 0 Å². The van der Waals surface area contributed by atoms with Gasteiger partial charge in [0.1, 0.15) is 0 Å². The van der Waals surface area contributed by atoms with E-state index in [-0.39, 0.29) is 26.3 Å². The molecule has 0 aliphatic heterocycles. The molecule has 0 aliphatic carbocycles. The van der Waals surface area contributed by atoms with Crippen LogP contribution in [0.5, 0.6) is 0 Å². The van der Waals surface area contributed by atoms with Crippen molar-refractivity contribution in [2.24, 2.45) is 0 Å². The Morgan fingerprint density at radius 2 is 1.54 bits per heavy atom. The SMILES string of the molecule is COCCN(CCOC)S(=O)(=O)[O-]. The van der Waals surface area contributed by atoms with Gasteiger partial charge in [-0.15, -0.1) is 0 Å². The number of ether oxygens (including phenoxy) is 2. The van der Waals surface area contributed by atoms with Gasteiger partial charge in [-0.2, -0.15) is 0 Å². The standard InChI is InChI=1S/C6H15NO5S/c1-11-5-3-7(4-6-12-2)13(8,9)10/h3-6H2,1-2H3,(H,8,9,10)/p-1. The molecule has 0 aromatic rings. The fourth-order valence-electron chi connectivity index (χ4n) is 0.722. The predicted molar refractivity (Wildman–Crippen MR) is 45.0 cm³/mol. The van der Waals surface area contributed by atoms with E-state index in [4.69, 9.17) is 0 Å². The van der Waals surface area contributed by atoms with Gasteiger partial charge in [-0.1, -0.05) is 0 Å². The second-order valence-electron chi connectivity index (χ2n) is 2.34. The lowest BCUT2D eigenvalue weighted by Crippen LogP contribution is -2.36. The number of hydrogen-bond acceptors (Lipinski definition) is 5. The first-order valence-corrected chi connectivity index (χ1v) is 5.07. The molecule has 0 saturated carbocycles. The molecule has 0 N–H and O–H groups in total. The van der Waals surface area contributed by atoms with Gasteiger partial charge in [0, 0.05) is 27.3 Å². The molecule has 7 heteroatoms. The molecule has 0 aromatic heterocycles. The zero-order valence-corrected chi connectivity index (χ0v) is 8.54. The fraction of sp³-hybridized carbons (Fsp3) is 1.00. The molecular formula is C6H14NO5S-. The number of hydrogen-bond donors (Lipinski definition) is 0. The van der Waals surface area contributed by atoms with Crippen molar-refractivity contribution in [1.29, 1.82) is 0 Å². The van der Waals surface area contributed by atoms with E-state index in [1.165, 1.54) is 14.2 Å². The van der Waals surface area contributed by atoms with Gasteiger partial charge in [-0.05, 0) is 0 Å². The van der Waals surface area contributed by atoms with Crippen molar-refractivity contribution in [3.05, 3.63) is 0 Å². The Morgan fingerprint density at radius 3 is 1.77 bits per heavy atom. The second kappa shape index (κ2) is 6.28. The molecule has 6 nitrogen and oxygen atoms in total. The summed E-state index contributed by atoms with van der Waals surface area (Å²) in [5, 5.41) is 0. The van der Waals surface area contributed by atoms with Crippen LogP contribution < -0.4 is 0 Å². The van der Waals surface area contributed by atoms with Crippen LogP contribution >= 0.6 is 0 Å². The summed E-state index contributed by atoms with van der Waals surface area (Å²) in [4.78, 5) is 0. The first-order chi connectivity index (χ1) is 6.02. The third kappa shape index (κ3) is 5.94. The van der Waals surface area contributed by atoms with E-state index >= 15 is 0 Å². The molecule has 0 bridgehead atoms. The van der Waals surface area contributed by atoms with E-state index in [2.05, 4.69) is 9.47 Å². The Kier molecular flexibility index (Phi) is 6.17. The molecule has 0 aromatic carbocycles. The maximum atomic E-state index is 10.6. The minimum absolute atomic E-state index is 0.0612. The van der Waals surface area contributed by atoms with Crippen LogP contribution in [0.25, 0.3) is 0 Å². The summed E-state index contributed by atoms with van der Waals surface area (Å²) >= 11 is 0. The lowest BCUT2D eigenvalue weighted by atomic mass is 10.6. The molecule has 13 heavy (non-hydrogen) atoms. The second-order valence-corrected chi connectivity index (χ2v) is 3.71. The molecule has 0 amide bonds. The molecule has 0 rings (SSSR count). The van der Waals surface area contributed by atoms with Crippen LogP contribution in [0.15, 0.2) is 0 Å². The third-order valence-corrected chi connectivity index (χ3v) is 2.40. The Balaban J connectivity index is 4.04. The van der Waals surface area contributed by atoms with Crippen LogP contribution in [0.3, 0.4) is 0 Å². The average molecular weight is 212 g/mol. The Hall–Kier alpha value is -0.210.